The molecule has 0 bridgehead atoms. The number of rotatable bonds is 8. The molecule has 0 saturated carbocycles. The van der Waals surface area contributed by atoms with E-state index in [1.165, 1.54) is 0 Å². The van der Waals surface area contributed by atoms with Gasteiger partial charge in [0.1, 0.15) is 11.8 Å². The van der Waals surface area contributed by atoms with Gasteiger partial charge >= 0.3 is 0 Å². The Hall–Kier alpha value is -2.37. The van der Waals surface area contributed by atoms with Crippen LogP contribution in [0, 0.1) is 5.92 Å². The molecule has 3 rings (SSSR count). The van der Waals surface area contributed by atoms with Gasteiger partial charge in [-0.05, 0) is 56.4 Å². The summed E-state index contributed by atoms with van der Waals surface area (Å²) in [5, 5.41) is 4.16. The third-order valence-corrected chi connectivity index (χ3v) is 5.61. The first-order valence-corrected chi connectivity index (χ1v) is 10.5. The Bertz CT molecular complexity index is 757. The van der Waals surface area contributed by atoms with Crippen molar-refractivity contribution in [2.75, 3.05) is 13.7 Å². The van der Waals surface area contributed by atoms with Crippen LogP contribution in [-0.4, -0.2) is 34.6 Å². The topological polar surface area (TPSA) is 68.5 Å². The third-order valence-electron chi connectivity index (χ3n) is 5.61. The Morgan fingerprint density at radius 2 is 2.07 bits per heavy atom. The van der Waals surface area contributed by atoms with E-state index in [-0.39, 0.29) is 17.9 Å². The number of aromatic nitrogens is 2. The summed E-state index contributed by atoms with van der Waals surface area (Å²) >= 11 is 0. The molecule has 1 aliphatic heterocycles. The lowest BCUT2D eigenvalue weighted by Gasteiger charge is -2.35. The number of piperidine rings is 1. The Kier molecular flexibility index (Phi) is 7.06. The molecular formula is C22H31N3O3. The molecule has 28 heavy (non-hydrogen) atoms. The molecule has 0 aliphatic carbocycles. The summed E-state index contributed by atoms with van der Waals surface area (Å²) < 4.78 is 10.8. The molecule has 152 valence electrons. The molecule has 1 amide bonds. The summed E-state index contributed by atoms with van der Waals surface area (Å²) in [6, 6.07) is 7.46. The number of carbonyl (C=O) groups is 1. The lowest BCUT2D eigenvalue weighted by Crippen LogP contribution is -2.42. The fourth-order valence-electron chi connectivity index (χ4n) is 3.87. The van der Waals surface area contributed by atoms with E-state index in [4.69, 9.17) is 9.26 Å². The minimum Gasteiger partial charge on any atom is -0.497 e. The molecule has 2 aromatic rings. The second-order valence-electron chi connectivity index (χ2n) is 7.48. The van der Waals surface area contributed by atoms with Crippen LogP contribution < -0.4 is 4.74 Å². The third kappa shape index (κ3) is 4.54. The number of hydrogen-bond donors (Lipinski definition) is 0. The van der Waals surface area contributed by atoms with Crippen molar-refractivity contribution < 1.29 is 14.1 Å². The summed E-state index contributed by atoms with van der Waals surface area (Å²) in [5.41, 5.74) is 0.874. The van der Waals surface area contributed by atoms with Crippen LogP contribution >= 0.6 is 0 Å². The van der Waals surface area contributed by atoms with Crippen molar-refractivity contribution in [2.24, 2.45) is 5.92 Å². The van der Waals surface area contributed by atoms with Gasteiger partial charge < -0.3 is 14.2 Å². The zero-order valence-electron chi connectivity index (χ0n) is 17.2. The maximum absolute atomic E-state index is 13.2. The average Bonchev–Trinajstić information content (AvgIpc) is 3.24. The van der Waals surface area contributed by atoms with Gasteiger partial charge in [0.2, 0.25) is 17.6 Å². The van der Waals surface area contributed by atoms with Crippen molar-refractivity contribution in [3.63, 3.8) is 0 Å². The predicted octanol–water partition coefficient (Wildman–Crippen LogP) is 5.02. The van der Waals surface area contributed by atoms with Gasteiger partial charge in [0.05, 0.1) is 7.11 Å². The first-order chi connectivity index (χ1) is 13.7. The molecule has 0 unspecified atom stereocenters. The van der Waals surface area contributed by atoms with Crippen molar-refractivity contribution in [3.8, 4) is 17.1 Å². The van der Waals surface area contributed by atoms with E-state index in [2.05, 4.69) is 24.0 Å². The monoisotopic (exact) mass is 385 g/mol. The van der Waals surface area contributed by atoms with Crippen LogP contribution in [0.1, 0.15) is 70.7 Å². The Morgan fingerprint density at radius 3 is 2.75 bits per heavy atom. The number of amides is 1. The van der Waals surface area contributed by atoms with Gasteiger partial charge in [0.15, 0.2) is 0 Å². The summed E-state index contributed by atoms with van der Waals surface area (Å²) in [6.07, 6.45) is 7.01. The van der Waals surface area contributed by atoms with Gasteiger partial charge in [0.25, 0.3) is 0 Å². The fourth-order valence-corrected chi connectivity index (χ4v) is 3.87. The van der Waals surface area contributed by atoms with Crippen molar-refractivity contribution in [1.29, 1.82) is 0 Å². The second-order valence-corrected chi connectivity index (χ2v) is 7.48. The van der Waals surface area contributed by atoms with Crippen LogP contribution in [0.3, 0.4) is 0 Å². The average molecular weight is 386 g/mol. The van der Waals surface area contributed by atoms with Crippen molar-refractivity contribution in [3.05, 3.63) is 30.2 Å². The molecule has 1 aliphatic rings. The molecule has 0 radical (unpaired) electrons. The smallest absolute Gasteiger partial charge is 0.249 e. The maximum atomic E-state index is 13.2. The summed E-state index contributed by atoms with van der Waals surface area (Å²) in [4.78, 5) is 19.8. The molecular weight excluding hydrogens is 354 g/mol. The standard InChI is InChI=1S/C22H31N3O3/c1-4-6-9-16(5-2)22(26)25-15-8-7-10-19(25)21-23-20(24-28-21)17-11-13-18(27-3)14-12-17/h11-14,16,19H,4-10,15H2,1-3H3/t16-,19-/m0/s1. The number of carbonyl (C=O) groups excluding carboxylic acids is 1. The lowest BCUT2D eigenvalue weighted by molar-refractivity contribution is -0.140. The molecule has 2 atom stereocenters. The van der Waals surface area contributed by atoms with E-state index in [1.54, 1.807) is 7.11 Å². The predicted molar refractivity (Wildman–Crippen MR) is 108 cm³/mol. The van der Waals surface area contributed by atoms with E-state index in [0.717, 1.165) is 62.8 Å². The molecule has 2 heterocycles. The number of unbranched alkanes of at least 4 members (excludes halogenated alkanes) is 1. The highest BCUT2D eigenvalue weighted by atomic mass is 16.5. The number of methoxy groups -OCH3 is 1. The van der Waals surface area contributed by atoms with Crippen LogP contribution in [-0.2, 0) is 4.79 Å². The molecule has 1 aromatic heterocycles. The van der Waals surface area contributed by atoms with Gasteiger partial charge in [0, 0.05) is 18.0 Å². The number of benzene rings is 1. The molecule has 6 heteroatoms. The number of likely N-dealkylation sites (tertiary alicyclic amines) is 1. The zero-order valence-corrected chi connectivity index (χ0v) is 17.2. The van der Waals surface area contributed by atoms with Gasteiger partial charge in [-0.1, -0.05) is 31.8 Å². The Labute approximate surface area is 167 Å². The Balaban J connectivity index is 1.78. The van der Waals surface area contributed by atoms with Crippen LogP contribution in [0.5, 0.6) is 5.75 Å². The van der Waals surface area contributed by atoms with Gasteiger partial charge in [-0.2, -0.15) is 4.98 Å². The highest BCUT2D eigenvalue weighted by molar-refractivity contribution is 5.79. The molecule has 1 aromatic carbocycles. The summed E-state index contributed by atoms with van der Waals surface area (Å²) in [7, 11) is 1.64. The number of hydrogen-bond acceptors (Lipinski definition) is 5. The molecule has 1 fully saturated rings. The van der Waals surface area contributed by atoms with E-state index in [1.807, 2.05) is 29.2 Å². The van der Waals surface area contributed by atoms with E-state index >= 15 is 0 Å². The summed E-state index contributed by atoms with van der Waals surface area (Å²) in [5.74, 6) is 2.21. The van der Waals surface area contributed by atoms with Gasteiger partial charge in [-0.3, -0.25) is 4.79 Å². The first kappa shape index (κ1) is 20.4. The molecule has 0 spiro atoms. The quantitative estimate of drug-likeness (QED) is 0.638. The first-order valence-electron chi connectivity index (χ1n) is 10.5. The lowest BCUT2D eigenvalue weighted by atomic mass is 9.94. The minimum absolute atomic E-state index is 0.0875. The molecule has 6 nitrogen and oxygen atoms in total. The van der Waals surface area contributed by atoms with Gasteiger partial charge in [-0.25, -0.2) is 0 Å². The van der Waals surface area contributed by atoms with Crippen LogP contribution in [0.25, 0.3) is 11.4 Å². The summed E-state index contributed by atoms with van der Waals surface area (Å²) in [6.45, 7) is 5.04. The highest BCUT2D eigenvalue weighted by Gasteiger charge is 2.34. The van der Waals surface area contributed by atoms with Gasteiger partial charge in [-0.15, -0.1) is 0 Å². The Morgan fingerprint density at radius 1 is 1.29 bits per heavy atom. The maximum Gasteiger partial charge on any atom is 0.249 e. The highest BCUT2D eigenvalue weighted by Crippen LogP contribution is 2.33. The molecule has 1 saturated heterocycles. The van der Waals surface area contributed by atoms with Crippen LogP contribution in [0.2, 0.25) is 0 Å². The largest absolute Gasteiger partial charge is 0.497 e. The van der Waals surface area contributed by atoms with E-state index in [0.29, 0.717) is 11.7 Å². The van der Waals surface area contributed by atoms with Crippen molar-refractivity contribution in [1.82, 2.24) is 15.0 Å². The zero-order chi connectivity index (χ0) is 19.9. The normalized spacial score (nSPS) is 18.1. The van der Waals surface area contributed by atoms with Crippen molar-refractivity contribution >= 4 is 5.91 Å². The van der Waals surface area contributed by atoms with Crippen molar-refractivity contribution in [2.45, 2.75) is 64.8 Å². The molecule has 0 N–H and O–H groups in total. The van der Waals surface area contributed by atoms with Crippen LogP contribution in [0.15, 0.2) is 28.8 Å². The SMILES string of the molecule is CCCC[C@H](CC)C(=O)N1CCCC[C@H]1c1nc(-c2ccc(OC)cc2)no1. The number of nitrogens with zero attached hydrogens (tertiary/aromatic N) is 3. The minimum atomic E-state index is -0.114. The van der Waals surface area contributed by atoms with Crippen LogP contribution in [0.4, 0.5) is 0 Å². The van der Waals surface area contributed by atoms with E-state index in [9.17, 15) is 4.79 Å². The number of ether oxygens (including phenoxy) is 1. The van der Waals surface area contributed by atoms with E-state index < -0.39 is 0 Å². The fraction of sp³-hybridized carbons (Fsp3) is 0.591. The second kappa shape index (κ2) is 9.71.